The summed E-state index contributed by atoms with van der Waals surface area (Å²) in [4.78, 5) is 46.3. The number of rotatable bonds is 11. The Labute approximate surface area is 288 Å². The molecule has 244 valence electrons. The van der Waals surface area contributed by atoms with Crippen molar-refractivity contribution in [3.8, 4) is 5.75 Å². The predicted molar refractivity (Wildman–Crippen MR) is 194 cm³/mol. The number of hydrogen-bond acceptors (Lipinski definition) is 7. The maximum atomic E-state index is 14.0. The van der Waals surface area contributed by atoms with Crippen LogP contribution in [0.5, 0.6) is 5.75 Å². The van der Waals surface area contributed by atoms with Crippen LogP contribution in [-0.4, -0.2) is 38.6 Å². The van der Waals surface area contributed by atoms with E-state index >= 15 is 0 Å². The monoisotopic (exact) mass is 667 g/mol. The predicted octanol–water partition coefficient (Wildman–Crippen LogP) is 8.20. The minimum Gasteiger partial charge on any atom is -0.507 e. The van der Waals surface area contributed by atoms with Crippen molar-refractivity contribution < 1.29 is 19.5 Å². The van der Waals surface area contributed by atoms with Gasteiger partial charge in [0, 0.05) is 11.3 Å². The first-order valence-electron chi connectivity index (χ1n) is 15.3. The molecule has 2 N–H and O–H groups in total. The smallest absolute Gasteiger partial charge is 0.285 e. The number of azo groups is 1. The van der Waals surface area contributed by atoms with E-state index < -0.39 is 17.9 Å². The van der Waals surface area contributed by atoms with Gasteiger partial charge in [-0.15, -0.1) is 0 Å². The van der Waals surface area contributed by atoms with E-state index in [0.29, 0.717) is 17.1 Å². The zero-order chi connectivity index (χ0) is 34.6. The van der Waals surface area contributed by atoms with Crippen LogP contribution in [0.1, 0.15) is 29.7 Å². The van der Waals surface area contributed by atoms with Crippen LogP contribution in [0, 0.1) is 0 Å². The highest BCUT2D eigenvalue weighted by molar-refractivity contribution is 8.14. The van der Waals surface area contributed by atoms with Gasteiger partial charge in [-0.1, -0.05) is 115 Å². The van der Waals surface area contributed by atoms with Crippen molar-refractivity contribution >= 4 is 52.1 Å². The molecule has 1 aliphatic rings. The summed E-state index contributed by atoms with van der Waals surface area (Å²) < 4.78 is 0. The Morgan fingerprint density at radius 1 is 0.918 bits per heavy atom. The normalized spacial score (nSPS) is 14.6. The van der Waals surface area contributed by atoms with Crippen molar-refractivity contribution in [1.82, 2.24) is 10.2 Å². The third kappa shape index (κ3) is 8.82. The molecule has 1 heterocycles. The Hall–Kier alpha value is -6.13. The molecule has 3 amide bonds. The van der Waals surface area contributed by atoms with E-state index in [-0.39, 0.29) is 33.7 Å². The number of phenols is 1. The lowest BCUT2D eigenvalue weighted by Crippen LogP contribution is -2.42. The Kier molecular flexibility index (Phi) is 11.6. The maximum absolute atomic E-state index is 14.0. The number of aromatic hydroxyl groups is 1. The van der Waals surface area contributed by atoms with Crippen LogP contribution in [0.3, 0.4) is 0 Å². The number of nitrogens with zero attached hydrogens (tertiary/aromatic N) is 4. The molecule has 4 aromatic carbocycles. The molecule has 0 spiro atoms. The molecule has 0 atom stereocenters. The van der Waals surface area contributed by atoms with Crippen LogP contribution in [0.4, 0.5) is 11.4 Å². The molecule has 0 saturated carbocycles. The summed E-state index contributed by atoms with van der Waals surface area (Å²) >= 11 is 0.967. The molecule has 0 unspecified atom stereocenters. The van der Waals surface area contributed by atoms with Crippen LogP contribution in [0.15, 0.2) is 167 Å². The van der Waals surface area contributed by atoms with E-state index in [1.807, 2.05) is 78.9 Å². The van der Waals surface area contributed by atoms with Gasteiger partial charge in [0.25, 0.3) is 11.8 Å². The maximum Gasteiger partial charge on any atom is 0.285 e. The molecule has 0 aliphatic carbocycles. The Bertz CT molecular complexity index is 1950. The number of amidine groups is 1. The number of allylic oxidation sites excluding steroid dienone is 4. The average Bonchev–Trinajstić information content (AvgIpc) is 3.13. The quantitative estimate of drug-likeness (QED) is 0.0722. The molecule has 1 aliphatic heterocycles. The van der Waals surface area contributed by atoms with E-state index in [1.54, 1.807) is 49.4 Å². The highest BCUT2D eigenvalue weighted by Gasteiger charge is 2.35. The Balaban J connectivity index is 1.42. The van der Waals surface area contributed by atoms with Gasteiger partial charge in [-0.05, 0) is 60.5 Å². The Morgan fingerprint density at radius 3 is 2.14 bits per heavy atom. The first-order chi connectivity index (χ1) is 23.9. The zero-order valence-electron chi connectivity index (χ0n) is 26.6. The van der Waals surface area contributed by atoms with Crippen molar-refractivity contribution in [2.75, 3.05) is 5.75 Å². The molecule has 4 aromatic rings. The molecule has 49 heavy (non-hydrogen) atoms. The summed E-state index contributed by atoms with van der Waals surface area (Å²) in [7, 11) is 0. The molecular weight excluding hydrogens is 635 g/mol. The van der Waals surface area contributed by atoms with Crippen molar-refractivity contribution in [2.24, 2.45) is 15.2 Å². The molecule has 9 nitrogen and oxygen atoms in total. The first kappa shape index (κ1) is 34.2. The highest BCUT2D eigenvalue weighted by Crippen LogP contribution is 2.31. The molecule has 0 aromatic heterocycles. The number of carbonyl (C=O) groups excluding carboxylic acids is 3. The van der Waals surface area contributed by atoms with E-state index in [9.17, 15) is 19.5 Å². The second kappa shape index (κ2) is 16.6. The van der Waals surface area contributed by atoms with Crippen LogP contribution < -0.4 is 5.32 Å². The van der Waals surface area contributed by atoms with Crippen molar-refractivity contribution in [1.29, 1.82) is 0 Å². The number of benzene rings is 4. The van der Waals surface area contributed by atoms with Gasteiger partial charge >= 0.3 is 0 Å². The number of carbonyl (C=O) groups is 3. The lowest BCUT2D eigenvalue weighted by molar-refractivity contribution is -0.126. The topological polar surface area (TPSA) is 124 Å². The van der Waals surface area contributed by atoms with E-state index in [2.05, 4.69) is 27.1 Å². The second-order valence-corrected chi connectivity index (χ2v) is 11.5. The standard InChI is InChI=1S/C39H33N5O4S/c1-3-5-21-32(4-2)44-38(48)33(25-29-24-31(22-23-34(29)45)43-42-30-19-13-8-14-20-30)37(47)41-39(44)49-26-35(46)40-36(27-15-9-6-10-16-27)28-17-11-7-12-18-28/h3-25,36,45H,1,26H2,2H3,(H,40,46)/b21-5-,32-4+,33-25+,43-42?. The average molecular weight is 668 g/mol. The first-order valence-corrected chi connectivity index (χ1v) is 16.3. The number of phenolic OH excluding ortho intramolecular Hbond substituents is 1. The molecule has 5 rings (SSSR count). The molecule has 0 fully saturated rings. The fourth-order valence-corrected chi connectivity index (χ4v) is 5.69. The van der Waals surface area contributed by atoms with Gasteiger partial charge in [0.15, 0.2) is 5.17 Å². The van der Waals surface area contributed by atoms with Crippen LogP contribution >= 0.6 is 11.8 Å². The Morgan fingerprint density at radius 2 is 1.53 bits per heavy atom. The lowest BCUT2D eigenvalue weighted by Gasteiger charge is -2.28. The van der Waals surface area contributed by atoms with Crippen molar-refractivity contribution in [2.45, 2.75) is 13.0 Å². The van der Waals surface area contributed by atoms with Gasteiger partial charge in [-0.3, -0.25) is 19.3 Å². The molecule has 0 saturated heterocycles. The number of aliphatic imine (C=N–C) groups is 1. The lowest BCUT2D eigenvalue weighted by atomic mass is 9.99. The van der Waals surface area contributed by atoms with Gasteiger partial charge in [-0.2, -0.15) is 15.2 Å². The minimum absolute atomic E-state index is 0.0368. The zero-order valence-corrected chi connectivity index (χ0v) is 27.5. The second-order valence-electron chi connectivity index (χ2n) is 10.6. The van der Waals surface area contributed by atoms with Crippen LogP contribution in [0.25, 0.3) is 6.08 Å². The minimum atomic E-state index is -0.811. The van der Waals surface area contributed by atoms with Gasteiger partial charge in [0.2, 0.25) is 5.91 Å². The SMILES string of the molecule is C=C/C=C\C(=C/C)N1C(=O)/C(=C/c2cc(N=Nc3ccccc3)ccc2O)C(=O)N=C1SCC(=O)NC(c1ccccc1)c1ccccc1. The summed E-state index contributed by atoms with van der Waals surface area (Å²) in [6.07, 6.45) is 7.82. The molecule has 0 bridgehead atoms. The summed E-state index contributed by atoms with van der Waals surface area (Å²) in [5.41, 5.74) is 3.17. The number of thioether (sulfide) groups is 1. The fourth-order valence-electron chi connectivity index (χ4n) is 4.88. The van der Waals surface area contributed by atoms with Gasteiger partial charge in [-0.25, -0.2) is 0 Å². The third-order valence-corrected chi connectivity index (χ3v) is 8.20. The number of hydrogen-bond donors (Lipinski definition) is 2. The third-order valence-electron chi connectivity index (χ3n) is 7.26. The summed E-state index contributed by atoms with van der Waals surface area (Å²) in [5.74, 6) is -2.09. The fraction of sp³-hybridized carbons (Fsp3) is 0.0769. The molecule has 10 heteroatoms. The van der Waals surface area contributed by atoms with Gasteiger partial charge in [0.05, 0.1) is 23.2 Å². The van der Waals surface area contributed by atoms with Crippen molar-refractivity contribution in [3.05, 3.63) is 168 Å². The number of nitrogens with one attached hydrogen (secondary N) is 1. The number of amides is 3. The van der Waals surface area contributed by atoms with Gasteiger partial charge < -0.3 is 10.4 Å². The van der Waals surface area contributed by atoms with Gasteiger partial charge in [0.1, 0.15) is 11.3 Å². The summed E-state index contributed by atoms with van der Waals surface area (Å²) in [5, 5.41) is 22.2. The molecule has 0 radical (unpaired) electrons. The van der Waals surface area contributed by atoms with E-state index in [4.69, 9.17) is 0 Å². The summed E-state index contributed by atoms with van der Waals surface area (Å²) in [6, 6.07) is 32.4. The summed E-state index contributed by atoms with van der Waals surface area (Å²) in [6.45, 7) is 5.44. The van der Waals surface area contributed by atoms with E-state index in [1.165, 1.54) is 23.1 Å². The molecular formula is C39H33N5O4S. The highest BCUT2D eigenvalue weighted by atomic mass is 32.2. The van der Waals surface area contributed by atoms with Crippen molar-refractivity contribution in [3.63, 3.8) is 0 Å². The van der Waals surface area contributed by atoms with E-state index in [0.717, 1.165) is 22.9 Å². The van der Waals surface area contributed by atoms with Crippen LogP contribution in [0.2, 0.25) is 0 Å². The van der Waals surface area contributed by atoms with Crippen LogP contribution in [-0.2, 0) is 14.4 Å². The largest absolute Gasteiger partial charge is 0.507 e.